The fourth-order valence-electron chi connectivity index (χ4n) is 9.02. The molecule has 1 aliphatic rings. The first kappa shape index (κ1) is 31.9. The van der Waals surface area contributed by atoms with Crippen molar-refractivity contribution >= 4 is 43.7 Å². The second-order valence-electron chi connectivity index (χ2n) is 15.1. The number of benzene rings is 6. The van der Waals surface area contributed by atoms with Gasteiger partial charge in [-0.15, -0.1) is 0 Å². The van der Waals surface area contributed by atoms with Crippen LogP contribution in [0.25, 0.3) is 60.6 Å². The summed E-state index contributed by atoms with van der Waals surface area (Å²) in [4.78, 5) is 0. The van der Waals surface area contributed by atoms with Gasteiger partial charge in [0.15, 0.2) is 0 Å². The first-order valence-electron chi connectivity index (χ1n) is 19.2. The summed E-state index contributed by atoms with van der Waals surface area (Å²) in [7, 11) is 0. The summed E-state index contributed by atoms with van der Waals surface area (Å²) in [5, 5.41) is 5.14. The van der Waals surface area contributed by atoms with Gasteiger partial charge in [-0.05, 0) is 132 Å². The maximum Gasteiger partial charge on any atom is 0.135 e. The SMILES string of the molecule is CCCCC(CC)Cc1ccc2c(c1)c1cc(C)ccc1n2-c1ccc2c(c1)-c1ccccc1C(Cc1ccc3oc4ccccc4c3c1)CC2. The van der Waals surface area contributed by atoms with Crippen LogP contribution in [0.15, 0.2) is 126 Å². The molecule has 2 aromatic heterocycles. The van der Waals surface area contributed by atoms with Crippen LogP contribution in [0, 0.1) is 12.8 Å². The Morgan fingerprint density at radius 3 is 2.33 bits per heavy atom. The maximum absolute atomic E-state index is 6.15. The average Bonchev–Trinajstić information content (AvgIpc) is 3.64. The van der Waals surface area contributed by atoms with E-state index in [0.717, 1.165) is 42.8 Å². The summed E-state index contributed by atoms with van der Waals surface area (Å²) < 4.78 is 8.67. The first-order chi connectivity index (χ1) is 25.1. The predicted molar refractivity (Wildman–Crippen MR) is 216 cm³/mol. The number of rotatable bonds is 9. The molecule has 9 rings (SSSR count). The van der Waals surface area contributed by atoms with Crippen molar-refractivity contribution < 1.29 is 4.42 Å². The minimum Gasteiger partial charge on any atom is -0.456 e. The number of nitrogens with zero attached hydrogens (tertiary/aromatic N) is 1. The molecular weight excluding hydrogens is 619 g/mol. The maximum atomic E-state index is 6.15. The smallest absolute Gasteiger partial charge is 0.135 e. The van der Waals surface area contributed by atoms with E-state index < -0.39 is 0 Å². The van der Waals surface area contributed by atoms with Crippen molar-refractivity contribution in [3.8, 4) is 16.8 Å². The standard InChI is InChI=1S/C49H47NO/c1-4-6-11-33(5-2)27-34-17-24-47-44(29-34)43-26-32(3)16-23-46(43)50(47)38-22-21-36-19-20-37(39-12-7-8-13-40(39)42(36)31-38)28-35-18-25-49-45(30-35)41-14-9-10-15-48(41)51-49/h7-10,12-18,21-26,29-31,33,37H,4-6,11,19-20,27-28H2,1-3H3. The number of hydrogen-bond donors (Lipinski definition) is 0. The van der Waals surface area contributed by atoms with E-state index in [0.29, 0.717) is 5.92 Å². The van der Waals surface area contributed by atoms with Crippen LogP contribution in [0.4, 0.5) is 0 Å². The molecule has 2 nitrogen and oxygen atoms in total. The van der Waals surface area contributed by atoms with Crippen molar-refractivity contribution in [2.45, 2.75) is 78.1 Å². The average molecular weight is 666 g/mol. The molecule has 2 atom stereocenters. The van der Waals surface area contributed by atoms with Crippen LogP contribution in [-0.4, -0.2) is 4.57 Å². The lowest BCUT2D eigenvalue weighted by atomic mass is 9.86. The van der Waals surface area contributed by atoms with Gasteiger partial charge in [0.2, 0.25) is 0 Å². The van der Waals surface area contributed by atoms with Crippen molar-refractivity contribution in [3.05, 3.63) is 149 Å². The summed E-state index contributed by atoms with van der Waals surface area (Å²) in [5.74, 6) is 1.19. The monoisotopic (exact) mass is 665 g/mol. The third-order valence-corrected chi connectivity index (χ3v) is 11.8. The highest BCUT2D eigenvalue weighted by molar-refractivity contribution is 6.10. The van der Waals surface area contributed by atoms with E-state index in [1.807, 2.05) is 6.07 Å². The van der Waals surface area contributed by atoms with Crippen molar-refractivity contribution in [1.29, 1.82) is 0 Å². The molecule has 0 saturated heterocycles. The topological polar surface area (TPSA) is 18.1 Å². The van der Waals surface area contributed by atoms with E-state index in [9.17, 15) is 0 Å². The number of unbranched alkanes of at least 4 members (excludes halogenated alkanes) is 1. The molecule has 0 N–H and O–H groups in total. The second kappa shape index (κ2) is 13.2. The highest BCUT2D eigenvalue weighted by atomic mass is 16.3. The van der Waals surface area contributed by atoms with Crippen LogP contribution in [0.3, 0.4) is 0 Å². The third kappa shape index (κ3) is 5.75. The Hall–Kier alpha value is -5.08. The van der Waals surface area contributed by atoms with Gasteiger partial charge in [-0.25, -0.2) is 0 Å². The number of para-hydroxylation sites is 1. The second-order valence-corrected chi connectivity index (χ2v) is 15.1. The van der Waals surface area contributed by atoms with Crippen molar-refractivity contribution in [3.63, 3.8) is 0 Å². The van der Waals surface area contributed by atoms with E-state index in [2.05, 4.69) is 141 Å². The van der Waals surface area contributed by atoms with Gasteiger partial charge < -0.3 is 8.98 Å². The van der Waals surface area contributed by atoms with E-state index in [1.165, 1.54) is 103 Å². The number of fused-ring (bicyclic) bond motifs is 9. The lowest BCUT2D eigenvalue weighted by molar-refractivity contribution is 0.449. The molecule has 2 unspecified atom stereocenters. The van der Waals surface area contributed by atoms with E-state index in [4.69, 9.17) is 4.42 Å². The molecule has 0 amide bonds. The highest BCUT2D eigenvalue weighted by Gasteiger charge is 2.24. The first-order valence-corrected chi connectivity index (χ1v) is 19.2. The zero-order chi connectivity index (χ0) is 34.5. The molecule has 8 aromatic rings. The van der Waals surface area contributed by atoms with Crippen molar-refractivity contribution in [2.24, 2.45) is 5.92 Å². The Morgan fingerprint density at radius 2 is 1.45 bits per heavy atom. The molecule has 0 radical (unpaired) electrons. The Morgan fingerprint density at radius 1 is 0.686 bits per heavy atom. The normalized spacial score (nSPS) is 15.0. The van der Waals surface area contributed by atoms with Crippen LogP contribution < -0.4 is 0 Å². The zero-order valence-corrected chi connectivity index (χ0v) is 30.2. The zero-order valence-electron chi connectivity index (χ0n) is 30.2. The Bertz CT molecular complexity index is 2540. The van der Waals surface area contributed by atoms with Crippen molar-refractivity contribution in [1.82, 2.24) is 4.57 Å². The molecule has 1 aliphatic carbocycles. The van der Waals surface area contributed by atoms with Gasteiger partial charge in [-0.1, -0.05) is 112 Å². The van der Waals surface area contributed by atoms with Gasteiger partial charge >= 0.3 is 0 Å². The quantitative estimate of drug-likeness (QED) is 0.150. The highest BCUT2D eigenvalue weighted by Crippen LogP contribution is 2.42. The fourth-order valence-corrected chi connectivity index (χ4v) is 9.02. The molecule has 51 heavy (non-hydrogen) atoms. The van der Waals surface area contributed by atoms with Gasteiger partial charge in [0.05, 0.1) is 11.0 Å². The molecule has 0 saturated carbocycles. The lowest BCUT2D eigenvalue weighted by Crippen LogP contribution is -2.04. The van der Waals surface area contributed by atoms with Gasteiger partial charge in [-0.3, -0.25) is 0 Å². The summed E-state index contributed by atoms with van der Waals surface area (Å²) in [6.07, 6.45) is 9.52. The van der Waals surface area contributed by atoms with Crippen molar-refractivity contribution in [2.75, 3.05) is 0 Å². The summed E-state index contributed by atoms with van der Waals surface area (Å²) in [6.45, 7) is 6.88. The van der Waals surface area contributed by atoms with Crippen LogP contribution in [0.5, 0.6) is 0 Å². The molecule has 2 heterocycles. The molecule has 6 aromatic carbocycles. The summed E-state index contributed by atoms with van der Waals surface area (Å²) in [6, 6.07) is 45.9. The minimum absolute atomic E-state index is 0.437. The molecule has 0 fully saturated rings. The summed E-state index contributed by atoms with van der Waals surface area (Å²) >= 11 is 0. The Kier molecular flexibility index (Phi) is 8.27. The number of aromatic nitrogens is 1. The minimum atomic E-state index is 0.437. The van der Waals surface area contributed by atoms with Crippen LogP contribution in [-0.2, 0) is 19.3 Å². The lowest BCUT2D eigenvalue weighted by Gasteiger charge is -2.18. The Labute approximate surface area is 301 Å². The van der Waals surface area contributed by atoms with Gasteiger partial charge in [0.1, 0.15) is 11.2 Å². The number of furan rings is 1. The molecule has 2 heteroatoms. The summed E-state index contributed by atoms with van der Waals surface area (Å²) in [5.41, 5.74) is 15.6. The molecule has 0 bridgehead atoms. The van der Waals surface area contributed by atoms with Crippen LogP contribution in [0.2, 0.25) is 0 Å². The fraction of sp³-hybridized carbons (Fsp3) is 0.265. The predicted octanol–water partition coefficient (Wildman–Crippen LogP) is 13.7. The van der Waals surface area contributed by atoms with Crippen LogP contribution >= 0.6 is 0 Å². The molecular formula is C49H47NO. The molecule has 0 spiro atoms. The van der Waals surface area contributed by atoms with Gasteiger partial charge in [-0.2, -0.15) is 0 Å². The Balaban J connectivity index is 1.11. The van der Waals surface area contributed by atoms with Gasteiger partial charge in [0.25, 0.3) is 0 Å². The largest absolute Gasteiger partial charge is 0.456 e. The molecule has 254 valence electrons. The third-order valence-electron chi connectivity index (χ3n) is 11.8. The number of aryl methyl sites for hydroxylation is 2. The number of hydrogen-bond acceptors (Lipinski definition) is 1. The van der Waals surface area contributed by atoms with E-state index in [1.54, 1.807) is 0 Å². The molecule has 0 aliphatic heterocycles. The van der Waals surface area contributed by atoms with E-state index in [-0.39, 0.29) is 0 Å². The van der Waals surface area contributed by atoms with Gasteiger partial charge in [0, 0.05) is 27.2 Å². The van der Waals surface area contributed by atoms with Crippen LogP contribution in [0.1, 0.15) is 79.7 Å². The van der Waals surface area contributed by atoms with E-state index >= 15 is 0 Å².